The summed E-state index contributed by atoms with van der Waals surface area (Å²) < 4.78 is 1.95. The highest BCUT2D eigenvalue weighted by Gasteiger charge is 2.30. The summed E-state index contributed by atoms with van der Waals surface area (Å²) in [4.78, 5) is 4.79. The SMILES string of the molecule is CC(c1cc(NC2CCCC2)n2nccc2n1)C1CC1. The zero-order valence-corrected chi connectivity index (χ0v) is 12.0. The van der Waals surface area contributed by atoms with Gasteiger partial charge in [0.05, 0.1) is 6.20 Å². The first-order chi connectivity index (χ1) is 9.81. The van der Waals surface area contributed by atoms with Crippen LogP contribution in [0.25, 0.3) is 5.65 Å². The topological polar surface area (TPSA) is 42.2 Å². The van der Waals surface area contributed by atoms with Crippen LogP contribution in [0.4, 0.5) is 5.82 Å². The summed E-state index contributed by atoms with van der Waals surface area (Å²) in [5, 5.41) is 8.10. The van der Waals surface area contributed by atoms with Gasteiger partial charge in [-0.15, -0.1) is 0 Å². The van der Waals surface area contributed by atoms with Crippen LogP contribution in [0.2, 0.25) is 0 Å². The summed E-state index contributed by atoms with van der Waals surface area (Å²) in [5.74, 6) is 2.53. The molecule has 4 nitrogen and oxygen atoms in total. The van der Waals surface area contributed by atoms with Crippen LogP contribution in [0, 0.1) is 5.92 Å². The molecular formula is C16H22N4. The lowest BCUT2D eigenvalue weighted by Gasteiger charge is -2.17. The molecule has 0 spiro atoms. The first-order valence-corrected chi connectivity index (χ1v) is 7.92. The quantitative estimate of drug-likeness (QED) is 0.923. The molecule has 4 heteroatoms. The lowest BCUT2D eigenvalue weighted by molar-refractivity contribution is 0.641. The predicted molar refractivity (Wildman–Crippen MR) is 80.0 cm³/mol. The molecule has 2 heterocycles. The third-order valence-electron chi connectivity index (χ3n) is 4.88. The second-order valence-electron chi connectivity index (χ2n) is 6.42. The Balaban J connectivity index is 1.70. The second-order valence-corrected chi connectivity index (χ2v) is 6.42. The van der Waals surface area contributed by atoms with Crippen LogP contribution in [0.3, 0.4) is 0 Å². The lowest BCUT2D eigenvalue weighted by atomic mass is 10.0. The maximum Gasteiger partial charge on any atom is 0.157 e. The maximum atomic E-state index is 4.79. The molecule has 20 heavy (non-hydrogen) atoms. The molecule has 2 aromatic heterocycles. The monoisotopic (exact) mass is 270 g/mol. The van der Waals surface area contributed by atoms with E-state index in [-0.39, 0.29) is 0 Å². The van der Waals surface area contributed by atoms with E-state index in [0.29, 0.717) is 12.0 Å². The van der Waals surface area contributed by atoms with E-state index in [0.717, 1.165) is 17.4 Å². The molecule has 0 aliphatic heterocycles. The second kappa shape index (κ2) is 4.76. The van der Waals surface area contributed by atoms with Gasteiger partial charge in [0.1, 0.15) is 5.82 Å². The van der Waals surface area contributed by atoms with Gasteiger partial charge in [0.25, 0.3) is 0 Å². The van der Waals surface area contributed by atoms with E-state index in [1.54, 1.807) is 0 Å². The highest BCUT2D eigenvalue weighted by Crippen LogP contribution is 2.42. The summed E-state index contributed by atoms with van der Waals surface area (Å²) >= 11 is 0. The fraction of sp³-hybridized carbons (Fsp3) is 0.625. The van der Waals surface area contributed by atoms with E-state index >= 15 is 0 Å². The Kier molecular flexibility index (Phi) is 2.90. The zero-order valence-electron chi connectivity index (χ0n) is 12.0. The third kappa shape index (κ3) is 2.17. The number of anilines is 1. The summed E-state index contributed by atoms with van der Waals surface area (Å²) in [6.45, 7) is 2.31. The fourth-order valence-electron chi connectivity index (χ4n) is 3.39. The highest BCUT2D eigenvalue weighted by atomic mass is 15.3. The average molecular weight is 270 g/mol. The normalized spacial score (nSPS) is 21.4. The van der Waals surface area contributed by atoms with Crippen LogP contribution in [-0.2, 0) is 0 Å². The smallest absolute Gasteiger partial charge is 0.157 e. The predicted octanol–water partition coefficient (Wildman–Crippen LogP) is 3.60. The van der Waals surface area contributed by atoms with Gasteiger partial charge < -0.3 is 5.32 Å². The molecule has 0 bridgehead atoms. The van der Waals surface area contributed by atoms with E-state index in [1.165, 1.54) is 44.2 Å². The van der Waals surface area contributed by atoms with Gasteiger partial charge in [-0.1, -0.05) is 19.8 Å². The summed E-state index contributed by atoms with van der Waals surface area (Å²) in [7, 11) is 0. The Morgan fingerprint density at radius 2 is 2.05 bits per heavy atom. The molecule has 0 aromatic carbocycles. The summed E-state index contributed by atoms with van der Waals surface area (Å²) in [6.07, 6.45) is 9.80. The standard InChI is InChI=1S/C16H22N4/c1-11(12-6-7-12)14-10-16(18-13-4-2-3-5-13)20-15(19-14)8-9-17-20/h8-13,18H,2-7H2,1H3. The molecule has 2 aliphatic carbocycles. The molecule has 4 rings (SSSR count). The van der Waals surface area contributed by atoms with Crippen LogP contribution in [0.1, 0.15) is 57.1 Å². The Bertz CT molecular complexity index is 608. The molecule has 2 aromatic rings. The molecule has 2 aliphatic rings. The van der Waals surface area contributed by atoms with Gasteiger partial charge >= 0.3 is 0 Å². The molecule has 0 amide bonds. The van der Waals surface area contributed by atoms with Gasteiger partial charge in [0, 0.05) is 29.8 Å². The van der Waals surface area contributed by atoms with E-state index in [4.69, 9.17) is 4.98 Å². The number of hydrogen-bond acceptors (Lipinski definition) is 3. The number of nitrogens with one attached hydrogen (secondary N) is 1. The number of fused-ring (bicyclic) bond motifs is 1. The van der Waals surface area contributed by atoms with Crippen molar-refractivity contribution < 1.29 is 0 Å². The first-order valence-electron chi connectivity index (χ1n) is 7.92. The number of aromatic nitrogens is 3. The van der Waals surface area contributed by atoms with E-state index in [2.05, 4.69) is 23.4 Å². The van der Waals surface area contributed by atoms with Gasteiger partial charge in [0.2, 0.25) is 0 Å². The molecule has 2 fully saturated rings. The molecule has 1 N–H and O–H groups in total. The lowest BCUT2D eigenvalue weighted by Crippen LogP contribution is -2.18. The molecule has 1 atom stereocenters. The van der Waals surface area contributed by atoms with Crippen molar-refractivity contribution >= 4 is 11.5 Å². The zero-order chi connectivity index (χ0) is 13.5. The number of nitrogens with zero attached hydrogens (tertiary/aromatic N) is 3. The minimum atomic E-state index is 0.569. The molecule has 1 unspecified atom stereocenters. The van der Waals surface area contributed by atoms with Gasteiger partial charge in [-0.25, -0.2) is 4.98 Å². The van der Waals surface area contributed by atoms with E-state index < -0.39 is 0 Å². The van der Waals surface area contributed by atoms with Crippen molar-refractivity contribution in [2.45, 2.75) is 57.4 Å². The van der Waals surface area contributed by atoms with Gasteiger partial charge in [-0.2, -0.15) is 9.61 Å². The van der Waals surface area contributed by atoms with Crippen molar-refractivity contribution in [2.24, 2.45) is 5.92 Å². The minimum absolute atomic E-state index is 0.569. The maximum absolute atomic E-state index is 4.79. The van der Waals surface area contributed by atoms with Crippen LogP contribution < -0.4 is 5.32 Å². The number of rotatable bonds is 4. The van der Waals surface area contributed by atoms with Crippen molar-refractivity contribution in [3.63, 3.8) is 0 Å². The van der Waals surface area contributed by atoms with Crippen LogP contribution >= 0.6 is 0 Å². The van der Waals surface area contributed by atoms with Crippen molar-refractivity contribution in [3.05, 3.63) is 24.0 Å². The molecule has 106 valence electrons. The van der Waals surface area contributed by atoms with Crippen molar-refractivity contribution in [1.29, 1.82) is 0 Å². The largest absolute Gasteiger partial charge is 0.367 e. The van der Waals surface area contributed by atoms with E-state index in [1.807, 2.05) is 16.8 Å². The number of hydrogen-bond donors (Lipinski definition) is 1. The Labute approximate surface area is 119 Å². The average Bonchev–Trinajstić information content (AvgIpc) is 2.97. The highest BCUT2D eigenvalue weighted by molar-refractivity contribution is 5.50. The molecule has 0 saturated heterocycles. The Hall–Kier alpha value is -1.58. The van der Waals surface area contributed by atoms with Gasteiger partial charge in [0.15, 0.2) is 5.65 Å². The van der Waals surface area contributed by atoms with Crippen molar-refractivity contribution in [1.82, 2.24) is 14.6 Å². The van der Waals surface area contributed by atoms with Gasteiger partial charge in [-0.05, 0) is 31.6 Å². The van der Waals surface area contributed by atoms with Crippen molar-refractivity contribution in [2.75, 3.05) is 5.32 Å². The van der Waals surface area contributed by atoms with Crippen LogP contribution in [-0.4, -0.2) is 20.6 Å². The minimum Gasteiger partial charge on any atom is -0.367 e. The van der Waals surface area contributed by atoms with Crippen LogP contribution in [0.5, 0.6) is 0 Å². The van der Waals surface area contributed by atoms with Gasteiger partial charge in [-0.3, -0.25) is 0 Å². The third-order valence-corrected chi connectivity index (χ3v) is 4.88. The Morgan fingerprint density at radius 3 is 2.80 bits per heavy atom. The fourth-order valence-corrected chi connectivity index (χ4v) is 3.39. The molecule has 2 saturated carbocycles. The molecule has 0 radical (unpaired) electrons. The Morgan fingerprint density at radius 1 is 1.25 bits per heavy atom. The summed E-state index contributed by atoms with van der Waals surface area (Å²) in [6, 6.07) is 4.83. The van der Waals surface area contributed by atoms with Crippen LogP contribution in [0.15, 0.2) is 18.3 Å². The van der Waals surface area contributed by atoms with Crippen molar-refractivity contribution in [3.8, 4) is 0 Å². The first kappa shape index (κ1) is 12.2. The summed E-state index contributed by atoms with van der Waals surface area (Å²) in [5.41, 5.74) is 2.19. The molecular weight excluding hydrogens is 248 g/mol. The van der Waals surface area contributed by atoms with E-state index in [9.17, 15) is 0 Å².